The molecule has 1 aliphatic heterocycles. The first-order valence-electron chi connectivity index (χ1n) is 11.2. The summed E-state index contributed by atoms with van der Waals surface area (Å²) >= 11 is 0. The second-order valence-corrected chi connectivity index (χ2v) is 9.07. The number of Topliss-reactive ketones (excluding diaryl/α,β-unsaturated/α-hetero) is 1. The summed E-state index contributed by atoms with van der Waals surface area (Å²) in [5, 5.41) is 9.26. The number of ether oxygens (including phenoxy) is 1. The van der Waals surface area contributed by atoms with Crippen LogP contribution in [-0.4, -0.2) is 53.6 Å². The molecule has 1 heterocycles. The van der Waals surface area contributed by atoms with Crippen LogP contribution in [0.5, 0.6) is 5.75 Å². The van der Waals surface area contributed by atoms with E-state index in [4.69, 9.17) is 4.74 Å². The Morgan fingerprint density at radius 1 is 1.09 bits per heavy atom. The summed E-state index contributed by atoms with van der Waals surface area (Å²) in [6.07, 6.45) is 4.05. The van der Waals surface area contributed by atoms with E-state index in [1.807, 2.05) is 24.3 Å². The second-order valence-electron chi connectivity index (χ2n) is 9.07. The lowest BCUT2D eigenvalue weighted by molar-refractivity contribution is -0.138. The van der Waals surface area contributed by atoms with Crippen LogP contribution in [0.3, 0.4) is 0 Å². The molecule has 1 fully saturated rings. The highest BCUT2D eigenvalue weighted by Gasteiger charge is 2.55. The fraction of sp³-hybridized carbons (Fsp3) is 0.385. The quantitative estimate of drug-likeness (QED) is 0.431. The van der Waals surface area contributed by atoms with Gasteiger partial charge in [-0.15, -0.1) is 0 Å². The second kappa shape index (κ2) is 7.92. The Labute approximate surface area is 191 Å². The lowest BCUT2D eigenvalue weighted by Gasteiger charge is -2.42. The van der Waals surface area contributed by atoms with Gasteiger partial charge in [0.05, 0.1) is 18.4 Å². The third-order valence-electron chi connectivity index (χ3n) is 7.36. The first-order valence-corrected chi connectivity index (χ1v) is 11.2. The molecule has 1 saturated heterocycles. The first kappa shape index (κ1) is 21.5. The third kappa shape index (κ3) is 3.14. The predicted molar refractivity (Wildman–Crippen MR) is 118 cm³/mol. The highest BCUT2D eigenvalue weighted by molar-refractivity contribution is 6.23. The van der Waals surface area contributed by atoms with Crippen molar-refractivity contribution in [1.29, 1.82) is 0 Å². The number of nitrogens with zero attached hydrogens (tertiary/aromatic N) is 1. The average molecular weight is 447 g/mol. The average Bonchev–Trinajstić information content (AvgIpc) is 3.04. The number of carbonyl (C=O) groups is 4. The highest BCUT2D eigenvalue weighted by atomic mass is 16.5. The molecular weight excluding hydrogens is 422 g/mol. The Kier molecular flexibility index (Phi) is 5.16. The van der Waals surface area contributed by atoms with E-state index in [1.165, 1.54) is 18.0 Å². The monoisotopic (exact) mass is 447 g/mol. The Bertz CT molecular complexity index is 1190. The van der Waals surface area contributed by atoms with Gasteiger partial charge in [0.25, 0.3) is 0 Å². The molecule has 3 aliphatic carbocycles. The fourth-order valence-electron chi connectivity index (χ4n) is 5.90. The molecule has 0 radical (unpaired) electrons. The normalized spacial score (nSPS) is 28.9. The molecular formula is C26H25NO6. The summed E-state index contributed by atoms with van der Waals surface area (Å²) in [5.41, 5.74) is 2.84. The van der Waals surface area contributed by atoms with Crippen molar-refractivity contribution in [2.24, 2.45) is 17.8 Å². The number of hydrogen-bond donors (Lipinski definition) is 1. The number of rotatable bonds is 4. The first-order chi connectivity index (χ1) is 15.8. The zero-order valence-corrected chi connectivity index (χ0v) is 18.5. The van der Waals surface area contributed by atoms with Crippen molar-refractivity contribution in [2.75, 3.05) is 20.3 Å². The van der Waals surface area contributed by atoms with Crippen LogP contribution in [0.4, 0.5) is 0 Å². The van der Waals surface area contributed by atoms with Gasteiger partial charge in [-0.05, 0) is 37.8 Å². The topological polar surface area (TPSA) is 101 Å². The van der Waals surface area contributed by atoms with Gasteiger partial charge in [0.15, 0.2) is 11.6 Å². The van der Waals surface area contributed by atoms with Gasteiger partial charge in [0.1, 0.15) is 12.4 Å². The van der Waals surface area contributed by atoms with Gasteiger partial charge in [0, 0.05) is 35.2 Å². The molecule has 0 saturated carbocycles. The number of para-hydroxylation sites is 1. The molecule has 0 aromatic heterocycles. The molecule has 1 aromatic rings. The van der Waals surface area contributed by atoms with Gasteiger partial charge in [0.2, 0.25) is 11.8 Å². The van der Waals surface area contributed by atoms with Gasteiger partial charge in [-0.2, -0.15) is 0 Å². The number of aliphatic hydroxyl groups is 1. The highest BCUT2D eigenvalue weighted by Crippen LogP contribution is 2.55. The molecule has 1 N–H and O–H groups in total. The molecule has 7 heteroatoms. The van der Waals surface area contributed by atoms with E-state index in [0.29, 0.717) is 34.5 Å². The zero-order chi connectivity index (χ0) is 23.4. The number of aliphatic hydroxyl groups excluding tert-OH is 1. The molecule has 0 bridgehead atoms. The predicted octanol–water partition coefficient (Wildman–Crippen LogP) is 2.12. The molecule has 33 heavy (non-hydrogen) atoms. The van der Waals surface area contributed by atoms with Gasteiger partial charge in [-0.3, -0.25) is 24.1 Å². The maximum Gasteiger partial charge on any atom is 0.233 e. The number of benzene rings is 1. The molecule has 0 unspecified atom stereocenters. The Morgan fingerprint density at radius 2 is 1.85 bits per heavy atom. The lowest BCUT2D eigenvalue weighted by atomic mass is 9.59. The van der Waals surface area contributed by atoms with Gasteiger partial charge in [-0.25, -0.2) is 0 Å². The molecule has 7 nitrogen and oxygen atoms in total. The molecule has 0 spiro atoms. The van der Waals surface area contributed by atoms with Crippen LogP contribution >= 0.6 is 0 Å². The fourth-order valence-corrected chi connectivity index (χ4v) is 5.90. The standard InChI is InChI=1S/C26H25NO6/c1-13-11-19(29)23-18(24(13)30)12-17-14(7-8-16-22(17)26(32)27(2)25(16)31)21(23)15-5-3-4-6-20(15)33-10-9-28/h3-7,11,16-17,21-22,28H,8-10,12H2,1-2H3/t16-,17+,21+,22-/m0/s1. The van der Waals surface area contributed by atoms with E-state index in [9.17, 15) is 24.3 Å². The van der Waals surface area contributed by atoms with Crippen LogP contribution in [0.15, 0.2) is 58.7 Å². The molecule has 170 valence electrons. The van der Waals surface area contributed by atoms with E-state index < -0.39 is 17.8 Å². The zero-order valence-electron chi connectivity index (χ0n) is 18.5. The molecule has 4 aliphatic rings. The number of carbonyl (C=O) groups excluding carboxylic acids is 4. The minimum Gasteiger partial charge on any atom is -0.491 e. The SMILES string of the molecule is CC1=CC(=O)C2=C(C[C@@H]3C(=CC[C@@H]4C(=O)N(C)C(=O)[C@@H]43)[C@@H]2c2ccccc2OCCO)C1=O. The van der Waals surface area contributed by atoms with Crippen LogP contribution in [-0.2, 0) is 19.2 Å². The largest absolute Gasteiger partial charge is 0.491 e. The van der Waals surface area contributed by atoms with E-state index in [1.54, 1.807) is 13.0 Å². The van der Waals surface area contributed by atoms with Crippen molar-refractivity contribution in [3.63, 3.8) is 0 Å². The summed E-state index contributed by atoms with van der Waals surface area (Å²) < 4.78 is 5.78. The molecule has 4 atom stereocenters. The van der Waals surface area contributed by atoms with E-state index in [2.05, 4.69) is 0 Å². The summed E-state index contributed by atoms with van der Waals surface area (Å²) in [6.45, 7) is 1.56. The maximum atomic E-state index is 13.2. The number of likely N-dealkylation sites (tertiary alicyclic amines) is 1. The number of allylic oxidation sites excluding steroid dienone is 6. The van der Waals surface area contributed by atoms with E-state index >= 15 is 0 Å². The Balaban J connectivity index is 1.71. The Hall–Kier alpha value is -3.32. The van der Waals surface area contributed by atoms with Crippen molar-refractivity contribution in [1.82, 2.24) is 4.90 Å². The third-order valence-corrected chi connectivity index (χ3v) is 7.36. The number of imide groups is 1. The smallest absolute Gasteiger partial charge is 0.233 e. The van der Waals surface area contributed by atoms with Crippen LogP contribution < -0.4 is 4.74 Å². The minimum atomic E-state index is -0.552. The van der Waals surface area contributed by atoms with E-state index in [-0.39, 0.29) is 48.9 Å². The van der Waals surface area contributed by atoms with Crippen molar-refractivity contribution in [3.8, 4) is 5.75 Å². The molecule has 5 rings (SSSR count). The van der Waals surface area contributed by atoms with Gasteiger partial charge >= 0.3 is 0 Å². The van der Waals surface area contributed by atoms with Crippen LogP contribution in [0.2, 0.25) is 0 Å². The van der Waals surface area contributed by atoms with Crippen molar-refractivity contribution >= 4 is 23.4 Å². The van der Waals surface area contributed by atoms with Crippen molar-refractivity contribution < 1.29 is 29.0 Å². The van der Waals surface area contributed by atoms with Crippen molar-refractivity contribution in [3.05, 3.63) is 64.3 Å². The number of ketones is 2. The Morgan fingerprint density at radius 3 is 2.61 bits per heavy atom. The number of hydrogen-bond acceptors (Lipinski definition) is 6. The lowest BCUT2D eigenvalue weighted by Crippen LogP contribution is -2.39. The number of amides is 2. The number of fused-ring (bicyclic) bond motifs is 3. The van der Waals surface area contributed by atoms with Crippen LogP contribution in [0.25, 0.3) is 0 Å². The summed E-state index contributed by atoms with van der Waals surface area (Å²) in [7, 11) is 1.51. The summed E-state index contributed by atoms with van der Waals surface area (Å²) in [5.74, 6) is -2.17. The van der Waals surface area contributed by atoms with Crippen molar-refractivity contribution in [2.45, 2.75) is 25.7 Å². The molecule has 2 amide bonds. The van der Waals surface area contributed by atoms with Crippen LogP contribution in [0.1, 0.15) is 31.2 Å². The van der Waals surface area contributed by atoms with Gasteiger partial charge < -0.3 is 9.84 Å². The summed E-state index contributed by atoms with van der Waals surface area (Å²) in [6, 6.07) is 7.28. The minimum absolute atomic E-state index is 0.0898. The van der Waals surface area contributed by atoms with Gasteiger partial charge in [-0.1, -0.05) is 29.8 Å². The molecule has 1 aromatic carbocycles. The maximum absolute atomic E-state index is 13.2. The van der Waals surface area contributed by atoms with Crippen LogP contribution in [0, 0.1) is 17.8 Å². The van der Waals surface area contributed by atoms with E-state index in [0.717, 1.165) is 5.57 Å². The summed E-state index contributed by atoms with van der Waals surface area (Å²) in [4.78, 5) is 53.4.